The number of ether oxygens (including phenoxy) is 1. The highest BCUT2D eigenvalue weighted by Gasteiger charge is 2.32. The number of carbonyl (C=O) groups is 2. The lowest BCUT2D eigenvalue weighted by Gasteiger charge is -2.33. The maximum Gasteiger partial charge on any atom is 0.244 e. The summed E-state index contributed by atoms with van der Waals surface area (Å²) < 4.78 is 32.1. The Bertz CT molecular complexity index is 1130. The van der Waals surface area contributed by atoms with E-state index in [1.54, 1.807) is 12.1 Å². The minimum atomic E-state index is -3.84. The maximum atomic E-state index is 13.8. The lowest BCUT2D eigenvalue weighted by molar-refractivity contribution is -0.140. The fraction of sp³-hybridized carbons (Fsp3) is 0.481. The summed E-state index contributed by atoms with van der Waals surface area (Å²) in [6.45, 7) is 7.94. The number of nitrogens with zero attached hydrogens (tertiary/aromatic N) is 2. The van der Waals surface area contributed by atoms with E-state index in [0.717, 1.165) is 40.1 Å². The van der Waals surface area contributed by atoms with Crippen molar-refractivity contribution in [1.82, 2.24) is 10.2 Å². The van der Waals surface area contributed by atoms with Crippen LogP contribution < -0.4 is 14.4 Å². The predicted octanol–water partition coefficient (Wildman–Crippen LogP) is 3.80. The van der Waals surface area contributed by atoms with Gasteiger partial charge in [-0.05, 0) is 49.9 Å². The topological polar surface area (TPSA) is 96.0 Å². The van der Waals surface area contributed by atoms with E-state index in [0.29, 0.717) is 18.7 Å². The van der Waals surface area contributed by atoms with E-state index in [4.69, 9.17) is 4.74 Å². The molecule has 0 aliphatic heterocycles. The number of anilines is 1. The molecule has 2 amide bonds. The van der Waals surface area contributed by atoms with Crippen molar-refractivity contribution < 1.29 is 22.7 Å². The van der Waals surface area contributed by atoms with Gasteiger partial charge in [0.25, 0.3) is 0 Å². The minimum Gasteiger partial charge on any atom is -0.495 e. The number of aryl methyl sites for hydroxylation is 2. The number of benzene rings is 2. The average Bonchev–Trinajstić information content (AvgIpc) is 2.83. The third-order valence-electron chi connectivity index (χ3n) is 5.97. The standard InChI is InChI=1S/C27H39N3O5S/c1-7-9-16-28-27(32)23(8-2)29(18-22-13-10-20(3)11-14-22)26(31)19-30(36(6,33)34)24-17-21(4)12-15-25(24)35-5/h10-15,17,23H,7-9,16,18-19H2,1-6H3,(H,28,32)/t23-/m0/s1. The monoisotopic (exact) mass is 517 g/mol. The number of carbonyl (C=O) groups excluding carboxylic acids is 2. The molecule has 1 atom stereocenters. The first-order chi connectivity index (χ1) is 17.0. The molecule has 8 nitrogen and oxygen atoms in total. The second-order valence-corrected chi connectivity index (χ2v) is 10.9. The van der Waals surface area contributed by atoms with Gasteiger partial charge in [0.15, 0.2) is 0 Å². The molecule has 0 spiro atoms. The van der Waals surface area contributed by atoms with Gasteiger partial charge < -0.3 is 15.0 Å². The smallest absolute Gasteiger partial charge is 0.244 e. The molecule has 1 N–H and O–H groups in total. The lowest BCUT2D eigenvalue weighted by atomic mass is 10.1. The van der Waals surface area contributed by atoms with Crippen LogP contribution in [-0.2, 0) is 26.2 Å². The fourth-order valence-corrected chi connectivity index (χ4v) is 4.75. The molecule has 9 heteroatoms. The maximum absolute atomic E-state index is 13.8. The second-order valence-electron chi connectivity index (χ2n) is 9.02. The van der Waals surface area contributed by atoms with E-state index < -0.39 is 28.5 Å². The van der Waals surface area contributed by atoms with Gasteiger partial charge in [0.05, 0.1) is 19.1 Å². The molecule has 0 bridgehead atoms. The first-order valence-corrected chi connectivity index (χ1v) is 14.1. The van der Waals surface area contributed by atoms with Gasteiger partial charge in [-0.1, -0.05) is 56.2 Å². The van der Waals surface area contributed by atoms with Gasteiger partial charge >= 0.3 is 0 Å². The van der Waals surface area contributed by atoms with Crippen LogP contribution in [0, 0.1) is 13.8 Å². The SMILES string of the molecule is CCCCNC(=O)[C@H](CC)N(Cc1ccc(C)cc1)C(=O)CN(c1cc(C)ccc1OC)S(C)(=O)=O. The highest BCUT2D eigenvalue weighted by atomic mass is 32.2. The van der Waals surface area contributed by atoms with E-state index in [9.17, 15) is 18.0 Å². The molecule has 2 aromatic rings. The summed E-state index contributed by atoms with van der Waals surface area (Å²) >= 11 is 0. The molecule has 0 fully saturated rings. The number of amides is 2. The van der Waals surface area contributed by atoms with Gasteiger partial charge in [-0.15, -0.1) is 0 Å². The van der Waals surface area contributed by atoms with E-state index in [2.05, 4.69) is 5.32 Å². The Morgan fingerprint density at radius 3 is 2.22 bits per heavy atom. The van der Waals surface area contributed by atoms with E-state index >= 15 is 0 Å². The van der Waals surface area contributed by atoms with Gasteiger partial charge in [0, 0.05) is 13.1 Å². The van der Waals surface area contributed by atoms with Crippen LogP contribution in [0.3, 0.4) is 0 Å². The molecule has 2 rings (SSSR count). The molecular formula is C27H39N3O5S. The summed E-state index contributed by atoms with van der Waals surface area (Å²) in [5.74, 6) is -0.374. The third kappa shape index (κ3) is 7.98. The minimum absolute atomic E-state index is 0.182. The summed E-state index contributed by atoms with van der Waals surface area (Å²) in [6, 6.07) is 12.1. The molecule has 0 saturated heterocycles. The van der Waals surface area contributed by atoms with Crippen molar-refractivity contribution in [3.05, 3.63) is 59.2 Å². The van der Waals surface area contributed by atoms with Crippen molar-refractivity contribution in [2.45, 2.75) is 59.5 Å². The van der Waals surface area contributed by atoms with Crippen LogP contribution in [-0.4, -0.2) is 57.6 Å². The fourth-order valence-electron chi connectivity index (χ4n) is 3.91. The number of rotatable bonds is 13. The molecule has 0 aliphatic carbocycles. The molecular weight excluding hydrogens is 478 g/mol. The highest BCUT2D eigenvalue weighted by molar-refractivity contribution is 7.92. The molecule has 0 heterocycles. The van der Waals surface area contributed by atoms with Gasteiger partial charge in [0.1, 0.15) is 18.3 Å². The Morgan fingerprint density at radius 2 is 1.67 bits per heavy atom. The van der Waals surface area contributed by atoms with Crippen LogP contribution in [0.2, 0.25) is 0 Å². The average molecular weight is 518 g/mol. The predicted molar refractivity (Wildman–Crippen MR) is 144 cm³/mol. The normalized spacial score (nSPS) is 12.1. The van der Waals surface area contributed by atoms with Crippen LogP contribution >= 0.6 is 0 Å². The molecule has 198 valence electrons. The summed E-state index contributed by atoms with van der Waals surface area (Å²) in [6.07, 6.45) is 3.22. The van der Waals surface area contributed by atoms with Gasteiger partial charge in [0.2, 0.25) is 21.8 Å². The zero-order chi connectivity index (χ0) is 26.9. The highest BCUT2D eigenvalue weighted by Crippen LogP contribution is 2.31. The summed E-state index contributed by atoms with van der Waals surface area (Å²) in [5.41, 5.74) is 3.04. The quantitative estimate of drug-likeness (QED) is 0.408. The van der Waals surface area contributed by atoms with Crippen LogP contribution in [0.15, 0.2) is 42.5 Å². The van der Waals surface area contributed by atoms with Crippen LogP contribution in [0.1, 0.15) is 49.8 Å². The van der Waals surface area contributed by atoms with Gasteiger partial charge in [-0.2, -0.15) is 0 Å². The van der Waals surface area contributed by atoms with Crippen LogP contribution in [0.4, 0.5) is 5.69 Å². The molecule has 0 saturated carbocycles. The molecule has 0 aliphatic rings. The number of hydrogen-bond acceptors (Lipinski definition) is 5. The Balaban J connectivity index is 2.46. The Labute approximate surface area is 215 Å². The van der Waals surface area contributed by atoms with Crippen molar-refractivity contribution in [2.75, 3.05) is 30.8 Å². The molecule has 0 radical (unpaired) electrons. The van der Waals surface area contributed by atoms with Crippen molar-refractivity contribution in [3.63, 3.8) is 0 Å². The van der Waals surface area contributed by atoms with Crippen molar-refractivity contribution in [3.8, 4) is 5.75 Å². The molecule has 2 aromatic carbocycles. The van der Waals surface area contributed by atoms with E-state index in [-0.39, 0.29) is 18.1 Å². The Kier molecular flexibility index (Phi) is 10.8. The summed E-state index contributed by atoms with van der Waals surface area (Å²) in [4.78, 5) is 28.3. The summed E-state index contributed by atoms with van der Waals surface area (Å²) in [7, 11) is -2.39. The van der Waals surface area contributed by atoms with Crippen molar-refractivity contribution in [2.24, 2.45) is 0 Å². The van der Waals surface area contributed by atoms with Crippen LogP contribution in [0.25, 0.3) is 0 Å². The zero-order valence-corrected chi connectivity index (χ0v) is 23.0. The lowest BCUT2D eigenvalue weighted by Crippen LogP contribution is -2.52. The molecule has 36 heavy (non-hydrogen) atoms. The number of hydrogen-bond donors (Lipinski definition) is 1. The number of nitrogens with one attached hydrogen (secondary N) is 1. The largest absolute Gasteiger partial charge is 0.495 e. The molecule has 0 unspecified atom stereocenters. The number of unbranched alkanes of at least 4 members (excludes halogenated alkanes) is 1. The van der Waals surface area contributed by atoms with Crippen molar-refractivity contribution >= 4 is 27.5 Å². The first-order valence-electron chi connectivity index (χ1n) is 12.3. The number of methoxy groups -OCH3 is 1. The van der Waals surface area contributed by atoms with E-state index in [1.807, 2.05) is 58.0 Å². The molecule has 0 aromatic heterocycles. The van der Waals surface area contributed by atoms with Gasteiger partial charge in [-0.3, -0.25) is 13.9 Å². The van der Waals surface area contributed by atoms with E-state index in [1.165, 1.54) is 12.0 Å². The number of sulfonamides is 1. The zero-order valence-electron chi connectivity index (χ0n) is 22.2. The van der Waals surface area contributed by atoms with Crippen LogP contribution in [0.5, 0.6) is 5.75 Å². The Morgan fingerprint density at radius 1 is 1.03 bits per heavy atom. The third-order valence-corrected chi connectivity index (χ3v) is 7.10. The summed E-state index contributed by atoms with van der Waals surface area (Å²) in [5, 5.41) is 2.92. The second kappa shape index (κ2) is 13.3. The first kappa shape index (κ1) is 29.2. The van der Waals surface area contributed by atoms with Crippen molar-refractivity contribution in [1.29, 1.82) is 0 Å². The van der Waals surface area contributed by atoms with Gasteiger partial charge in [-0.25, -0.2) is 8.42 Å². The Hall–Kier alpha value is -3.07.